The molecule has 2 nitrogen and oxygen atoms in total. The SMILES string of the molecule is CNCc1cc(-c2cc(C)ccc2OC)ccc1Cl. The molecule has 0 saturated heterocycles. The summed E-state index contributed by atoms with van der Waals surface area (Å²) in [5, 5.41) is 3.91. The van der Waals surface area contributed by atoms with Crippen molar-refractivity contribution in [1.29, 1.82) is 0 Å². The van der Waals surface area contributed by atoms with Crippen LogP contribution in [0.15, 0.2) is 36.4 Å². The van der Waals surface area contributed by atoms with Crippen LogP contribution in [0.4, 0.5) is 0 Å². The zero-order valence-corrected chi connectivity index (χ0v) is 12.2. The monoisotopic (exact) mass is 275 g/mol. The number of hydrogen-bond donors (Lipinski definition) is 1. The highest BCUT2D eigenvalue weighted by Crippen LogP contribution is 2.33. The Morgan fingerprint density at radius 1 is 1.16 bits per heavy atom. The molecule has 2 aromatic rings. The molecule has 0 bridgehead atoms. The number of aryl methyl sites for hydroxylation is 1. The van der Waals surface area contributed by atoms with Crippen molar-refractivity contribution < 1.29 is 4.74 Å². The standard InChI is InChI=1S/C16H18ClNO/c1-11-4-7-16(19-3)14(8-11)12-5-6-15(17)13(9-12)10-18-2/h4-9,18H,10H2,1-3H3. The highest BCUT2D eigenvalue weighted by molar-refractivity contribution is 6.31. The summed E-state index contributed by atoms with van der Waals surface area (Å²) in [5.74, 6) is 0.878. The van der Waals surface area contributed by atoms with Crippen molar-refractivity contribution in [2.45, 2.75) is 13.5 Å². The van der Waals surface area contributed by atoms with E-state index in [4.69, 9.17) is 16.3 Å². The molecule has 0 aliphatic carbocycles. The lowest BCUT2D eigenvalue weighted by Crippen LogP contribution is -2.05. The van der Waals surface area contributed by atoms with Crippen LogP contribution in [-0.2, 0) is 6.54 Å². The smallest absolute Gasteiger partial charge is 0.126 e. The molecule has 2 rings (SSSR count). The van der Waals surface area contributed by atoms with E-state index in [1.165, 1.54) is 5.56 Å². The van der Waals surface area contributed by atoms with Crippen LogP contribution < -0.4 is 10.1 Å². The van der Waals surface area contributed by atoms with Gasteiger partial charge in [-0.2, -0.15) is 0 Å². The quantitative estimate of drug-likeness (QED) is 0.909. The molecule has 0 aromatic heterocycles. The van der Waals surface area contributed by atoms with Gasteiger partial charge in [0.2, 0.25) is 0 Å². The van der Waals surface area contributed by atoms with E-state index in [0.717, 1.165) is 34.0 Å². The topological polar surface area (TPSA) is 21.3 Å². The van der Waals surface area contributed by atoms with Crippen LogP contribution in [0.2, 0.25) is 5.02 Å². The first-order chi connectivity index (χ1) is 9.15. The van der Waals surface area contributed by atoms with Crippen LogP contribution in [0.1, 0.15) is 11.1 Å². The van der Waals surface area contributed by atoms with Crippen LogP contribution in [0, 0.1) is 6.92 Å². The second-order valence-electron chi connectivity index (χ2n) is 4.54. The first-order valence-corrected chi connectivity index (χ1v) is 6.61. The highest BCUT2D eigenvalue weighted by Gasteiger charge is 2.08. The maximum absolute atomic E-state index is 6.20. The Morgan fingerprint density at radius 2 is 1.95 bits per heavy atom. The van der Waals surface area contributed by atoms with E-state index in [-0.39, 0.29) is 0 Å². The number of hydrogen-bond acceptors (Lipinski definition) is 2. The van der Waals surface area contributed by atoms with Crippen LogP contribution in [0.5, 0.6) is 5.75 Å². The third-order valence-electron chi connectivity index (χ3n) is 3.08. The van der Waals surface area contributed by atoms with Crippen molar-refractivity contribution in [2.24, 2.45) is 0 Å². The predicted molar refractivity (Wildman–Crippen MR) is 80.9 cm³/mol. The van der Waals surface area contributed by atoms with E-state index in [1.54, 1.807) is 7.11 Å². The fourth-order valence-corrected chi connectivity index (χ4v) is 2.30. The molecule has 0 amide bonds. The summed E-state index contributed by atoms with van der Waals surface area (Å²) in [4.78, 5) is 0. The van der Waals surface area contributed by atoms with Gasteiger partial charge in [-0.05, 0) is 49.4 Å². The van der Waals surface area contributed by atoms with Gasteiger partial charge in [-0.3, -0.25) is 0 Å². The number of rotatable bonds is 4. The minimum Gasteiger partial charge on any atom is -0.496 e. The van der Waals surface area contributed by atoms with E-state index < -0.39 is 0 Å². The zero-order chi connectivity index (χ0) is 13.8. The molecule has 0 radical (unpaired) electrons. The molecule has 100 valence electrons. The number of nitrogens with one attached hydrogen (secondary N) is 1. The van der Waals surface area contributed by atoms with E-state index in [2.05, 4.69) is 24.4 Å². The van der Waals surface area contributed by atoms with E-state index >= 15 is 0 Å². The van der Waals surface area contributed by atoms with Crippen LogP contribution in [0.25, 0.3) is 11.1 Å². The molecule has 1 N–H and O–H groups in total. The highest BCUT2D eigenvalue weighted by atomic mass is 35.5. The van der Waals surface area contributed by atoms with Gasteiger partial charge in [0.1, 0.15) is 5.75 Å². The molecule has 19 heavy (non-hydrogen) atoms. The number of benzene rings is 2. The van der Waals surface area contributed by atoms with Crippen molar-refractivity contribution in [2.75, 3.05) is 14.2 Å². The largest absolute Gasteiger partial charge is 0.496 e. The molecule has 0 fully saturated rings. The van der Waals surface area contributed by atoms with Gasteiger partial charge < -0.3 is 10.1 Å². The minimum absolute atomic E-state index is 0.751. The van der Waals surface area contributed by atoms with Gasteiger partial charge in [0.15, 0.2) is 0 Å². The lowest BCUT2D eigenvalue weighted by molar-refractivity contribution is 0.416. The van der Waals surface area contributed by atoms with Crippen molar-refractivity contribution in [3.05, 3.63) is 52.5 Å². The molecule has 0 heterocycles. The fourth-order valence-electron chi connectivity index (χ4n) is 2.12. The number of halogens is 1. The molecular formula is C16H18ClNO. The van der Waals surface area contributed by atoms with Crippen LogP contribution in [0.3, 0.4) is 0 Å². The molecule has 0 aliphatic rings. The Balaban J connectivity index is 2.52. The Morgan fingerprint density at radius 3 is 2.63 bits per heavy atom. The maximum atomic E-state index is 6.20. The Bertz CT molecular complexity index is 581. The summed E-state index contributed by atoms with van der Waals surface area (Å²) >= 11 is 6.20. The number of ether oxygens (including phenoxy) is 1. The summed E-state index contributed by atoms with van der Waals surface area (Å²) < 4.78 is 5.44. The molecule has 3 heteroatoms. The predicted octanol–water partition coefficient (Wildman–Crippen LogP) is 4.04. The van der Waals surface area contributed by atoms with E-state index in [1.807, 2.05) is 31.3 Å². The van der Waals surface area contributed by atoms with Crippen LogP contribution >= 0.6 is 11.6 Å². The Hall–Kier alpha value is -1.51. The van der Waals surface area contributed by atoms with Crippen LogP contribution in [-0.4, -0.2) is 14.2 Å². The fraction of sp³-hybridized carbons (Fsp3) is 0.250. The number of methoxy groups -OCH3 is 1. The average molecular weight is 276 g/mol. The molecule has 0 atom stereocenters. The summed E-state index contributed by atoms with van der Waals surface area (Å²) in [5.41, 5.74) is 4.51. The lowest BCUT2D eigenvalue weighted by Gasteiger charge is -2.12. The lowest BCUT2D eigenvalue weighted by atomic mass is 10.00. The van der Waals surface area contributed by atoms with Crippen molar-refractivity contribution in [3.8, 4) is 16.9 Å². The van der Waals surface area contributed by atoms with E-state index in [0.29, 0.717) is 0 Å². The van der Waals surface area contributed by atoms with Gasteiger partial charge in [0, 0.05) is 17.1 Å². The molecule has 0 unspecified atom stereocenters. The van der Waals surface area contributed by atoms with Gasteiger partial charge in [0.25, 0.3) is 0 Å². The van der Waals surface area contributed by atoms with Gasteiger partial charge in [0.05, 0.1) is 7.11 Å². The van der Waals surface area contributed by atoms with Crippen molar-refractivity contribution >= 4 is 11.6 Å². The Labute approximate surface area is 119 Å². The molecule has 2 aromatic carbocycles. The van der Waals surface area contributed by atoms with Gasteiger partial charge >= 0.3 is 0 Å². The molecule has 0 spiro atoms. The summed E-state index contributed by atoms with van der Waals surface area (Å²) in [7, 11) is 3.61. The summed E-state index contributed by atoms with van der Waals surface area (Å²) in [6.07, 6.45) is 0. The third kappa shape index (κ3) is 3.09. The second kappa shape index (κ2) is 6.09. The first-order valence-electron chi connectivity index (χ1n) is 6.23. The summed E-state index contributed by atoms with van der Waals surface area (Å²) in [6, 6.07) is 12.2. The second-order valence-corrected chi connectivity index (χ2v) is 4.95. The van der Waals surface area contributed by atoms with E-state index in [9.17, 15) is 0 Å². The summed E-state index contributed by atoms with van der Waals surface area (Å²) in [6.45, 7) is 2.83. The maximum Gasteiger partial charge on any atom is 0.126 e. The Kier molecular flexibility index (Phi) is 4.46. The van der Waals surface area contributed by atoms with Gasteiger partial charge in [-0.15, -0.1) is 0 Å². The zero-order valence-electron chi connectivity index (χ0n) is 11.5. The normalized spacial score (nSPS) is 10.5. The van der Waals surface area contributed by atoms with Gasteiger partial charge in [-0.25, -0.2) is 0 Å². The third-order valence-corrected chi connectivity index (χ3v) is 3.45. The van der Waals surface area contributed by atoms with Crippen molar-refractivity contribution in [3.63, 3.8) is 0 Å². The first kappa shape index (κ1) is 13.9. The minimum atomic E-state index is 0.751. The average Bonchev–Trinajstić information content (AvgIpc) is 2.41. The molecule has 0 aliphatic heterocycles. The molecular weight excluding hydrogens is 258 g/mol. The van der Waals surface area contributed by atoms with Crippen molar-refractivity contribution in [1.82, 2.24) is 5.32 Å². The molecule has 0 saturated carbocycles. The van der Waals surface area contributed by atoms with Gasteiger partial charge in [-0.1, -0.05) is 29.3 Å².